The molecule has 112 valence electrons. The zero-order chi connectivity index (χ0) is 14.7. The molecule has 20 heavy (non-hydrogen) atoms. The average Bonchev–Trinajstić information content (AvgIpc) is 2.83. The zero-order valence-electron chi connectivity index (χ0n) is 12.6. The van der Waals surface area contributed by atoms with Crippen molar-refractivity contribution in [3.05, 3.63) is 23.7 Å². The zero-order valence-corrected chi connectivity index (χ0v) is 12.6. The Morgan fingerprint density at radius 2 is 2.25 bits per heavy atom. The SMILES string of the molecule is CCC1CCC(C(=O)O)C(N(C)Cc2ccoc2C)C1. The second-order valence-electron chi connectivity index (χ2n) is 6.02. The van der Waals surface area contributed by atoms with Crippen molar-refractivity contribution >= 4 is 5.97 Å². The van der Waals surface area contributed by atoms with Crippen LogP contribution in [0.15, 0.2) is 16.7 Å². The lowest BCUT2D eigenvalue weighted by molar-refractivity contribution is -0.146. The molecule has 3 atom stereocenters. The van der Waals surface area contributed by atoms with E-state index in [1.165, 1.54) is 0 Å². The second kappa shape index (κ2) is 6.44. The molecular weight excluding hydrogens is 254 g/mol. The fourth-order valence-corrected chi connectivity index (χ4v) is 3.34. The second-order valence-corrected chi connectivity index (χ2v) is 6.02. The molecular formula is C16H25NO3. The van der Waals surface area contributed by atoms with Crippen LogP contribution in [0.25, 0.3) is 0 Å². The summed E-state index contributed by atoms with van der Waals surface area (Å²) in [6, 6.07) is 2.10. The third-order valence-corrected chi connectivity index (χ3v) is 4.77. The molecule has 0 bridgehead atoms. The van der Waals surface area contributed by atoms with E-state index >= 15 is 0 Å². The summed E-state index contributed by atoms with van der Waals surface area (Å²) in [5.41, 5.74) is 1.15. The van der Waals surface area contributed by atoms with Crippen LogP contribution in [0, 0.1) is 18.8 Å². The minimum atomic E-state index is -0.652. The van der Waals surface area contributed by atoms with Gasteiger partial charge in [0, 0.05) is 18.2 Å². The number of carboxylic acids is 1. The molecule has 0 aliphatic heterocycles. The number of carboxylic acid groups (broad SMARTS) is 1. The van der Waals surface area contributed by atoms with Crippen LogP contribution in [0.3, 0.4) is 0 Å². The van der Waals surface area contributed by atoms with Crippen molar-refractivity contribution in [2.75, 3.05) is 7.05 Å². The Morgan fingerprint density at radius 3 is 2.80 bits per heavy atom. The van der Waals surface area contributed by atoms with Crippen molar-refractivity contribution in [2.45, 2.75) is 52.1 Å². The molecule has 1 fully saturated rings. The van der Waals surface area contributed by atoms with Crippen molar-refractivity contribution < 1.29 is 14.3 Å². The van der Waals surface area contributed by atoms with Gasteiger partial charge >= 0.3 is 5.97 Å². The summed E-state index contributed by atoms with van der Waals surface area (Å²) < 4.78 is 5.33. The maximum Gasteiger partial charge on any atom is 0.308 e. The number of aryl methyl sites for hydroxylation is 1. The van der Waals surface area contributed by atoms with Gasteiger partial charge in [-0.2, -0.15) is 0 Å². The normalized spacial score (nSPS) is 26.9. The van der Waals surface area contributed by atoms with Crippen molar-refractivity contribution in [2.24, 2.45) is 11.8 Å². The minimum absolute atomic E-state index is 0.125. The van der Waals surface area contributed by atoms with E-state index < -0.39 is 5.97 Å². The fraction of sp³-hybridized carbons (Fsp3) is 0.688. The van der Waals surface area contributed by atoms with Crippen LogP contribution in [0.1, 0.15) is 43.9 Å². The molecule has 1 aliphatic rings. The number of aliphatic carboxylic acids is 1. The molecule has 2 rings (SSSR count). The van der Waals surface area contributed by atoms with E-state index in [2.05, 4.69) is 11.8 Å². The van der Waals surface area contributed by atoms with Gasteiger partial charge in [0.2, 0.25) is 0 Å². The molecule has 1 N–H and O–H groups in total. The highest BCUT2D eigenvalue weighted by molar-refractivity contribution is 5.71. The molecule has 1 heterocycles. The van der Waals surface area contributed by atoms with Gasteiger partial charge in [-0.25, -0.2) is 0 Å². The highest BCUT2D eigenvalue weighted by Crippen LogP contribution is 2.34. The van der Waals surface area contributed by atoms with Gasteiger partial charge in [-0.1, -0.05) is 13.3 Å². The molecule has 0 saturated heterocycles. The third-order valence-electron chi connectivity index (χ3n) is 4.77. The van der Waals surface area contributed by atoms with Crippen LogP contribution in [0.4, 0.5) is 0 Å². The molecule has 0 amide bonds. The Hall–Kier alpha value is -1.29. The Bertz CT molecular complexity index is 454. The topological polar surface area (TPSA) is 53.7 Å². The summed E-state index contributed by atoms with van der Waals surface area (Å²) in [6.07, 6.45) is 5.67. The first-order valence-corrected chi connectivity index (χ1v) is 7.49. The predicted octanol–water partition coefficient (Wildman–Crippen LogP) is 3.30. The average molecular weight is 279 g/mol. The molecule has 4 heteroatoms. The van der Waals surface area contributed by atoms with Crippen LogP contribution >= 0.6 is 0 Å². The van der Waals surface area contributed by atoms with E-state index in [4.69, 9.17) is 4.42 Å². The molecule has 1 aromatic heterocycles. The number of rotatable bonds is 5. The standard InChI is InChI=1S/C16H25NO3/c1-4-12-5-6-14(16(18)19)15(9-12)17(3)10-13-7-8-20-11(13)2/h7-8,12,14-15H,4-6,9-10H2,1-3H3,(H,18,19). The number of hydrogen-bond acceptors (Lipinski definition) is 3. The Balaban J connectivity index is 2.09. The van der Waals surface area contributed by atoms with Gasteiger partial charge in [0.25, 0.3) is 0 Å². The lowest BCUT2D eigenvalue weighted by atomic mass is 9.76. The summed E-state index contributed by atoms with van der Waals surface area (Å²) in [4.78, 5) is 13.7. The molecule has 0 radical (unpaired) electrons. The third kappa shape index (κ3) is 3.23. The predicted molar refractivity (Wildman–Crippen MR) is 77.5 cm³/mol. The van der Waals surface area contributed by atoms with Crippen LogP contribution in [-0.4, -0.2) is 29.1 Å². The molecule has 1 saturated carbocycles. The van der Waals surface area contributed by atoms with Crippen molar-refractivity contribution in [1.82, 2.24) is 4.90 Å². The first kappa shape index (κ1) is 15.1. The van der Waals surface area contributed by atoms with Gasteiger partial charge in [-0.05, 0) is 45.2 Å². The number of carbonyl (C=O) groups is 1. The molecule has 1 aromatic rings. The van der Waals surface area contributed by atoms with Gasteiger partial charge in [-0.3, -0.25) is 9.69 Å². The van der Waals surface area contributed by atoms with Crippen LogP contribution < -0.4 is 0 Å². The Morgan fingerprint density at radius 1 is 1.50 bits per heavy atom. The fourth-order valence-electron chi connectivity index (χ4n) is 3.34. The summed E-state index contributed by atoms with van der Waals surface area (Å²) in [5.74, 6) is 0.686. The van der Waals surface area contributed by atoms with Gasteiger partial charge in [0.1, 0.15) is 5.76 Å². The largest absolute Gasteiger partial charge is 0.481 e. The Labute approximate surface area is 120 Å². The first-order valence-electron chi connectivity index (χ1n) is 7.49. The molecule has 3 unspecified atom stereocenters. The van der Waals surface area contributed by atoms with E-state index in [0.29, 0.717) is 5.92 Å². The monoisotopic (exact) mass is 279 g/mol. The van der Waals surface area contributed by atoms with Gasteiger partial charge < -0.3 is 9.52 Å². The lowest BCUT2D eigenvalue weighted by Crippen LogP contribution is -2.45. The maximum atomic E-state index is 11.5. The van der Waals surface area contributed by atoms with E-state index in [9.17, 15) is 9.90 Å². The summed E-state index contributed by atoms with van der Waals surface area (Å²) in [5, 5.41) is 9.45. The number of nitrogens with zero attached hydrogens (tertiary/aromatic N) is 1. The van der Waals surface area contributed by atoms with E-state index in [1.807, 2.05) is 20.0 Å². The van der Waals surface area contributed by atoms with Gasteiger partial charge in [0.15, 0.2) is 0 Å². The van der Waals surface area contributed by atoms with Crippen molar-refractivity contribution in [1.29, 1.82) is 0 Å². The lowest BCUT2D eigenvalue weighted by Gasteiger charge is -2.39. The summed E-state index contributed by atoms with van der Waals surface area (Å²) in [7, 11) is 2.03. The molecule has 0 spiro atoms. The molecule has 4 nitrogen and oxygen atoms in total. The van der Waals surface area contributed by atoms with Crippen LogP contribution in [0.2, 0.25) is 0 Å². The first-order chi connectivity index (χ1) is 9.52. The highest BCUT2D eigenvalue weighted by atomic mass is 16.4. The van der Waals surface area contributed by atoms with E-state index in [-0.39, 0.29) is 12.0 Å². The number of hydrogen-bond donors (Lipinski definition) is 1. The highest BCUT2D eigenvalue weighted by Gasteiger charge is 2.36. The van der Waals surface area contributed by atoms with Crippen molar-refractivity contribution in [3.8, 4) is 0 Å². The minimum Gasteiger partial charge on any atom is -0.481 e. The smallest absolute Gasteiger partial charge is 0.308 e. The molecule has 0 aromatic carbocycles. The maximum absolute atomic E-state index is 11.5. The van der Waals surface area contributed by atoms with Crippen molar-refractivity contribution in [3.63, 3.8) is 0 Å². The molecule has 1 aliphatic carbocycles. The Kier molecular flexibility index (Phi) is 4.86. The van der Waals surface area contributed by atoms with E-state index in [0.717, 1.165) is 43.6 Å². The van der Waals surface area contributed by atoms with Gasteiger partial charge in [0.05, 0.1) is 12.2 Å². The van der Waals surface area contributed by atoms with E-state index in [1.54, 1.807) is 6.26 Å². The van der Waals surface area contributed by atoms with Gasteiger partial charge in [-0.15, -0.1) is 0 Å². The number of furan rings is 1. The van der Waals surface area contributed by atoms with Crippen LogP contribution in [-0.2, 0) is 11.3 Å². The quantitative estimate of drug-likeness (QED) is 0.898. The summed E-state index contributed by atoms with van der Waals surface area (Å²) >= 11 is 0. The van der Waals surface area contributed by atoms with Crippen LogP contribution in [0.5, 0.6) is 0 Å². The summed E-state index contributed by atoms with van der Waals surface area (Å²) in [6.45, 7) is 4.91.